The summed E-state index contributed by atoms with van der Waals surface area (Å²) in [6.07, 6.45) is 7.25. The summed E-state index contributed by atoms with van der Waals surface area (Å²) in [5, 5.41) is 0. The second-order valence-electron chi connectivity index (χ2n) is 12.4. The molecular formula is C41H35BF2N2. The first kappa shape index (κ1) is 29.8. The Kier molecular flexibility index (Phi) is 8.34. The molecule has 0 spiro atoms. The van der Waals surface area contributed by atoms with Gasteiger partial charge >= 0.3 is 7.40 Å². The van der Waals surface area contributed by atoms with Gasteiger partial charge in [-0.15, -0.1) is 0 Å². The smallest absolute Gasteiger partial charge is 0.318 e. The molecule has 0 radical (unpaired) electrons. The van der Waals surface area contributed by atoms with Gasteiger partial charge in [-0.2, -0.15) is 0 Å². The van der Waals surface area contributed by atoms with E-state index in [1.54, 1.807) is 0 Å². The van der Waals surface area contributed by atoms with Crippen molar-refractivity contribution in [1.82, 2.24) is 4.48 Å². The molecule has 7 rings (SSSR count). The van der Waals surface area contributed by atoms with Gasteiger partial charge in [0.05, 0.1) is 11.4 Å². The first-order valence-corrected chi connectivity index (χ1v) is 16.3. The minimum Gasteiger partial charge on any atom is -0.318 e. The van der Waals surface area contributed by atoms with Crippen LogP contribution in [0.15, 0.2) is 101 Å². The predicted molar refractivity (Wildman–Crippen MR) is 185 cm³/mol. The van der Waals surface area contributed by atoms with Crippen LogP contribution in [0.2, 0.25) is 0 Å². The first-order valence-electron chi connectivity index (χ1n) is 16.3. The normalized spacial score (nSPS) is 16.4. The topological polar surface area (TPSA) is 17.3 Å². The van der Waals surface area contributed by atoms with E-state index in [0.29, 0.717) is 11.4 Å². The van der Waals surface area contributed by atoms with Crippen LogP contribution in [0.25, 0.3) is 5.57 Å². The summed E-state index contributed by atoms with van der Waals surface area (Å²) < 4.78 is 32.4. The van der Waals surface area contributed by atoms with Crippen molar-refractivity contribution in [2.45, 2.75) is 65.2 Å². The van der Waals surface area contributed by atoms with Gasteiger partial charge in [-0.25, -0.2) is 4.99 Å². The summed E-state index contributed by atoms with van der Waals surface area (Å²) in [6.45, 7) is 4.15. The van der Waals surface area contributed by atoms with E-state index in [-0.39, 0.29) is 0 Å². The lowest BCUT2D eigenvalue weighted by molar-refractivity contribution is 0.626. The number of hydrogen-bond donors (Lipinski definition) is 0. The van der Waals surface area contributed by atoms with Gasteiger partial charge in [-0.3, -0.25) is 8.63 Å². The third-order valence-electron chi connectivity index (χ3n) is 9.38. The fourth-order valence-corrected chi connectivity index (χ4v) is 7.28. The van der Waals surface area contributed by atoms with Crippen molar-refractivity contribution in [3.8, 4) is 23.7 Å². The summed E-state index contributed by atoms with van der Waals surface area (Å²) >= 11 is 0. The van der Waals surface area contributed by atoms with Crippen LogP contribution in [0.1, 0.15) is 88.9 Å². The Labute approximate surface area is 271 Å². The summed E-state index contributed by atoms with van der Waals surface area (Å²) in [5.41, 5.74) is 12.5. The first-order chi connectivity index (χ1) is 22.5. The molecule has 0 bridgehead atoms. The summed E-state index contributed by atoms with van der Waals surface area (Å²) in [4.78, 5) is 5.29. The highest BCUT2D eigenvalue weighted by molar-refractivity contribution is 6.42. The number of benzene rings is 3. The van der Waals surface area contributed by atoms with Gasteiger partial charge in [-0.1, -0.05) is 66.4 Å². The number of aliphatic imine (C=N–C) groups is 1. The quantitative estimate of drug-likeness (QED) is 0.164. The molecule has 0 atom stereocenters. The zero-order valence-corrected chi connectivity index (χ0v) is 26.4. The molecule has 2 heterocycles. The third-order valence-corrected chi connectivity index (χ3v) is 9.38. The molecule has 3 aliphatic rings. The van der Waals surface area contributed by atoms with Crippen molar-refractivity contribution in [2.75, 3.05) is 0 Å². The van der Waals surface area contributed by atoms with Crippen LogP contribution >= 0.6 is 0 Å². The number of fused-ring (bicyclic) bond motifs is 1. The van der Waals surface area contributed by atoms with Crippen LogP contribution < -0.4 is 0 Å². The van der Waals surface area contributed by atoms with Crippen molar-refractivity contribution in [1.29, 1.82) is 0 Å². The number of nitrogens with zero attached hydrogens (tertiary/aromatic N) is 2. The highest BCUT2D eigenvalue weighted by Gasteiger charge is 2.37. The fourth-order valence-electron chi connectivity index (χ4n) is 7.28. The average molecular weight is 605 g/mol. The number of aryl methyl sites for hydroxylation is 2. The molecule has 46 heavy (non-hydrogen) atoms. The lowest BCUT2D eigenvalue weighted by atomic mass is 9.82. The molecule has 5 heteroatoms. The number of hydrogen-bond acceptors (Lipinski definition) is 1. The third kappa shape index (κ3) is 5.56. The fraction of sp³-hybridized carbons (Fsp3) is 0.244. The standard InChI is InChI=1S/C41H35BF2N2/c1-28-14-13-15-29(2)38(28)39(40-34-22-11-9-20-32(34)36(45-40)26-24-30-16-5-3-6-17-30)41-35-23-12-10-21-33(35)37(46(41)42(43)44)27-25-31-18-7-4-8-19-31/h3-8,13-19H,9-12,20-23H2,1-2H3/b40-39-. The largest absolute Gasteiger partial charge is 0.678 e. The molecule has 4 aromatic rings. The number of rotatable bonds is 3. The number of halogens is 2. The maximum absolute atomic E-state index is 15.6. The molecule has 1 aromatic heterocycles. The maximum atomic E-state index is 15.6. The Morgan fingerprint density at radius 2 is 1.22 bits per heavy atom. The Hall–Kier alpha value is -4.87. The average Bonchev–Trinajstić information content (AvgIpc) is 3.61. The highest BCUT2D eigenvalue weighted by Crippen LogP contribution is 2.46. The van der Waals surface area contributed by atoms with Crippen LogP contribution in [-0.2, 0) is 12.8 Å². The van der Waals surface area contributed by atoms with Gasteiger partial charge < -0.3 is 4.48 Å². The van der Waals surface area contributed by atoms with Crippen molar-refractivity contribution in [3.05, 3.63) is 146 Å². The van der Waals surface area contributed by atoms with Crippen molar-refractivity contribution >= 4 is 18.7 Å². The summed E-state index contributed by atoms with van der Waals surface area (Å²) in [5.74, 6) is 13.1. The molecule has 3 aromatic carbocycles. The van der Waals surface area contributed by atoms with E-state index < -0.39 is 7.40 Å². The van der Waals surface area contributed by atoms with E-state index in [4.69, 9.17) is 4.99 Å². The van der Waals surface area contributed by atoms with Crippen LogP contribution in [0.3, 0.4) is 0 Å². The van der Waals surface area contributed by atoms with Gasteiger partial charge in [0.15, 0.2) is 0 Å². The molecular weight excluding hydrogens is 569 g/mol. The monoisotopic (exact) mass is 604 g/mol. The lowest BCUT2D eigenvalue weighted by Crippen LogP contribution is -2.20. The zero-order chi connectivity index (χ0) is 31.6. The summed E-state index contributed by atoms with van der Waals surface area (Å²) in [7, 11) is -2.76. The van der Waals surface area contributed by atoms with Crippen LogP contribution in [0.4, 0.5) is 8.63 Å². The number of aromatic nitrogens is 1. The predicted octanol–water partition coefficient (Wildman–Crippen LogP) is 9.29. The van der Waals surface area contributed by atoms with E-state index in [1.807, 2.05) is 66.7 Å². The molecule has 2 aliphatic carbocycles. The van der Waals surface area contributed by atoms with E-state index in [2.05, 4.69) is 49.7 Å². The Morgan fingerprint density at radius 1 is 0.652 bits per heavy atom. The minimum atomic E-state index is -2.76. The Morgan fingerprint density at radius 3 is 1.85 bits per heavy atom. The molecule has 0 fully saturated rings. The second-order valence-corrected chi connectivity index (χ2v) is 12.4. The molecule has 0 saturated carbocycles. The van der Waals surface area contributed by atoms with Gasteiger partial charge in [0.2, 0.25) is 0 Å². The SMILES string of the molecule is Cc1cccc(C)c1/C(=C1/N=C(C#Cc2ccccc2)C2=C1CCCC2)c1c2c(c(C#Cc3ccccc3)n1B(F)F)CCCC2. The van der Waals surface area contributed by atoms with Gasteiger partial charge in [0.1, 0.15) is 5.71 Å². The summed E-state index contributed by atoms with van der Waals surface area (Å²) in [6, 6.07) is 25.7. The second kappa shape index (κ2) is 12.9. The minimum absolute atomic E-state index is 0.428. The Balaban J connectivity index is 1.55. The van der Waals surface area contributed by atoms with E-state index in [1.165, 1.54) is 10.1 Å². The highest BCUT2D eigenvalue weighted by atomic mass is 19.2. The van der Waals surface area contributed by atoms with Gasteiger partial charge in [0.25, 0.3) is 0 Å². The van der Waals surface area contributed by atoms with E-state index >= 15 is 8.63 Å². The Bertz CT molecular complexity index is 2020. The van der Waals surface area contributed by atoms with E-state index in [0.717, 1.165) is 113 Å². The molecule has 0 unspecified atom stereocenters. The lowest BCUT2D eigenvalue weighted by Gasteiger charge is -2.23. The van der Waals surface area contributed by atoms with Crippen LogP contribution in [0.5, 0.6) is 0 Å². The molecule has 0 amide bonds. The molecule has 0 N–H and O–H groups in total. The van der Waals surface area contributed by atoms with Crippen LogP contribution in [0, 0.1) is 37.5 Å². The maximum Gasteiger partial charge on any atom is 0.678 e. The molecule has 2 nitrogen and oxygen atoms in total. The molecule has 0 saturated heterocycles. The zero-order valence-electron chi connectivity index (χ0n) is 26.4. The van der Waals surface area contributed by atoms with Crippen LogP contribution in [-0.4, -0.2) is 17.6 Å². The van der Waals surface area contributed by atoms with Gasteiger partial charge in [-0.05, 0) is 140 Å². The molecule has 1 aliphatic heterocycles. The van der Waals surface area contributed by atoms with Gasteiger partial charge in [0, 0.05) is 22.4 Å². The van der Waals surface area contributed by atoms with Crippen molar-refractivity contribution in [2.24, 2.45) is 4.99 Å². The van der Waals surface area contributed by atoms with E-state index in [9.17, 15) is 0 Å². The molecule has 226 valence electrons. The van der Waals surface area contributed by atoms with Crippen molar-refractivity contribution < 1.29 is 8.63 Å². The van der Waals surface area contributed by atoms with Crippen molar-refractivity contribution in [3.63, 3.8) is 0 Å². The number of allylic oxidation sites excluding steroid dienone is 2.